The van der Waals surface area contributed by atoms with Gasteiger partial charge in [0.25, 0.3) is 6.29 Å². The smallest absolute Gasteiger partial charge is 0.361 e. The molecule has 9 heteroatoms. The minimum absolute atomic E-state index is 0.181. The molecular weight excluding hydrogens is 935 g/mol. The summed E-state index contributed by atoms with van der Waals surface area (Å²) in [5.74, 6) is -2.02. The zero-order chi connectivity index (χ0) is 54.8. The molecule has 0 spiro atoms. The molecule has 0 aromatic carbocycles. The van der Waals surface area contributed by atoms with Crippen molar-refractivity contribution in [1.29, 1.82) is 0 Å². The number of likely N-dealkylation sites (N-methyl/N-ethyl adjacent to an activating group) is 1. The zero-order valence-corrected chi connectivity index (χ0v) is 49.2. The first-order chi connectivity index (χ1) is 36.6. The molecule has 0 saturated carbocycles. The molecule has 0 bridgehead atoms. The summed E-state index contributed by atoms with van der Waals surface area (Å²) in [6.45, 7) is 4.76. The van der Waals surface area contributed by atoms with E-state index in [-0.39, 0.29) is 32.2 Å². The van der Waals surface area contributed by atoms with Gasteiger partial charge in [-0.25, -0.2) is 4.79 Å². The van der Waals surface area contributed by atoms with Crippen LogP contribution in [-0.2, 0) is 33.3 Å². The van der Waals surface area contributed by atoms with Crippen LogP contribution in [0.3, 0.4) is 0 Å². The molecule has 0 aromatic heterocycles. The van der Waals surface area contributed by atoms with E-state index in [4.69, 9.17) is 18.9 Å². The molecule has 0 radical (unpaired) electrons. The lowest BCUT2D eigenvalue weighted by Gasteiger charge is -2.25. The van der Waals surface area contributed by atoms with Crippen LogP contribution in [-0.4, -0.2) is 87.4 Å². The van der Waals surface area contributed by atoms with Crippen molar-refractivity contribution < 1.29 is 42.9 Å². The Bertz CT molecular complexity index is 1500. The van der Waals surface area contributed by atoms with E-state index in [1.54, 1.807) is 0 Å². The number of carboxylic acid groups (broad SMARTS) is 1. The second kappa shape index (κ2) is 56.7. The lowest BCUT2D eigenvalue weighted by molar-refractivity contribution is -0.870. The number of aliphatic carboxylic acids is 1. The van der Waals surface area contributed by atoms with Gasteiger partial charge in [-0.2, -0.15) is 0 Å². The van der Waals surface area contributed by atoms with E-state index in [1.165, 1.54) is 128 Å². The summed E-state index contributed by atoms with van der Waals surface area (Å²) >= 11 is 0. The van der Waals surface area contributed by atoms with Gasteiger partial charge in [0, 0.05) is 12.8 Å². The number of carbonyl (C=O) groups is 3. The number of carbonyl (C=O) groups excluding carboxylic acids is 2. The third-order valence-electron chi connectivity index (χ3n) is 13.1. The van der Waals surface area contributed by atoms with Gasteiger partial charge in [-0.15, -0.1) is 0 Å². The first-order valence-corrected chi connectivity index (χ1v) is 30.8. The summed E-state index contributed by atoms with van der Waals surface area (Å²) in [4.78, 5) is 37.5. The number of quaternary nitrogens is 1. The lowest BCUT2D eigenvalue weighted by Crippen LogP contribution is -2.40. The molecule has 9 nitrogen and oxygen atoms in total. The molecule has 432 valence electrons. The average Bonchev–Trinajstić information content (AvgIpc) is 3.38. The molecule has 0 aliphatic heterocycles. The Balaban J connectivity index is 4.25. The predicted octanol–water partition coefficient (Wildman–Crippen LogP) is 18.3. The largest absolute Gasteiger partial charge is 0.477 e. The first-order valence-electron chi connectivity index (χ1n) is 30.8. The SMILES string of the molecule is CC/C=C\C/C=C\C/C=C\C/C=C\C/C=C\C/C=C\CCCCCCCCC(=O)OC(COC(=O)CCCCCCCCCCCCCCC/C=C\CCCCCCCCCC)COC(OCC[N+](C)(C)C)C(=O)O. The van der Waals surface area contributed by atoms with Gasteiger partial charge in [0.15, 0.2) is 6.10 Å². The van der Waals surface area contributed by atoms with Crippen LogP contribution in [0, 0.1) is 0 Å². The number of carboxylic acids is 1. The van der Waals surface area contributed by atoms with Crippen LogP contribution < -0.4 is 0 Å². The van der Waals surface area contributed by atoms with Crippen molar-refractivity contribution in [3.8, 4) is 0 Å². The fraction of sp³-hybridized carbons (Fsp3) is 0.742. The summed E-state index contributed by atoms with van der Waals surface area (Å²) in [5, 5.41) is 9.72. The van der Waals surface area contributed by atoms with Crippen LogP contribution in [0.25, 0.3) is 0 Å². The highest BCUT2D eigenvalue weighted by Crippen LogP contribution is 2.16. The van der Waals surface area contributed by atoms with Crippen LogP contribution in [0.1, 0.15) is 258 Å². The lowest BCUT2D eigenvalue weighted by atomic mass is 10.0. The van der Waals surface area contributed by atoms with E-state index in [2.05, 4.69) is 98.9 Å². The monoisotopic (exact) mass is 1050 g/mol. The molecule has 2 unspecified atom stereocenters. The number of allylic oxidation sites excluding steroid dienone is 14. The number of rotatable bonds is 56. The van der Waals surface area contributed by atoms with Crippen LogP contribution in [0.4, 0.5) is 0 Å². The second-order valence-electron chi connectivity index (χ2n) is 21.6. The van der Waals surface area contributed by atoms with Gasteiger partial charge in [-0.1, -0.05) is 240 Å². The molecule has 0 heterocycles. The summed E-state index contributed by atoms with van der Waals surface area (Å²) in [5.41, 5.74) is 0. The predicted molar refractivity (Wildman–Crippen MR) is 318 cm³/mol. The normalized spacial score (nSPS) is 13.3. The van der Waals surface area contributed by atoms with Crippen molar-refractivity contribution in [2.45, 2.75) is 270 Å². The molecule has 0 aromatic rings. The topological polar surface area (TPSA) is 108 Å². The summed E-state index contributed by atoms with van der Waals surface area (Å²) in [6, 6.07) is 0. The Labute approximate surface area is 461 Å². The molecule has 0 aliphatic carbocycles. The molecule has 0 rings (SSSR count). The van der Waals surface area contributed by atoms with Crippen molar-refractivity contribution in [1.82, 2.24) is 0 Å². The fourth-order valence-electron chi connectivity index (χ4n) is 8.42. The number of nitrogens with zero attached hydrogens (tertiary/aromatic N) is 1. The standard InChI is InChI=1S/C66H115NO8/c1-6-8-10-12-14-16-18-20-22-24-26-28-30-32-34-36-38-40-42-44-46-48-50-52-54-56-63(68)73-60-62(61-74-66(65(70)71)72-59-58-67(3,4)5)75-64(69)57-55-53-51-49-47-45-43-41-39-37-35-33-31-29-27-25-23-21-19-17-15-13-11-9-7-2/h9,11,15,17,21,23-24,26-27,29,33,35,39,41,62,66H,6-8,10,12-14,16,18-20,22,25,28,30-32,34,36-38,40,42-61H2,1-5H3/p+1/b11-9-,17-15-,23-21-,26-24-,29-27-,35-33-,41-39-. The first kappa shape index (κ1) is 71.5. The van der Waals surface area contributed by atoms with Crippen molar-refractivity contribution in [2.75, 3.05) is 47.5 Å². The molecule has 0 aliphatic rings. The number of esters is 2. The number of unbranched alkanes of at least 4 members (excludes halogenated alkanes) is 27. The van der Waals surface area contributed by atoms with Gasteiger partial charge in [0.2, 0.25) is 0 Å². The van der Waals surface area contributed by atoms with Crippen LogP contribution in [0.5, 0.6) is 0 Å². The maximum Gasteiger partial charge on any atom is 0.361 e. The number of hydrogen-bond acceptors (Lipinski definition) is 7. The molecular formula is C66H116NO8+. The van der Waals surface area contributed by atoms with E-state index < -0.39 is 24.3 Å². The number of hydrogen-bond donors (Lipinski definition) is 1. The average molecular weight is 1050 g/mol. The quantitative estimate of drug-likeness (QED) is 0.0211. The highest BCUT2D eigenvalue weighted by molar-refractivity contribution is 5.71. The Morgan fingerprint density at radius 2 is 0.760 bits per heavy atom. The van der Waals surface area contributed by atoms with Gasteiger partial charge in [-0.3, -0.25) is 9.59 Å². The van der Waals surface area contributed by atoms with E-state index in [1.807, 2.05) is 21.1 Å². The van der Waals surface area contributed by atoms with Gasteiger partial charge in [0.1, 0.15) is 13.2 Å². The number of ether oxygens (including phenoxy) is 4. The Hall–Kier alpha value is -3.53. The maximum atomic E-state index is 12.9. The van der Waals surface area contributed by atoms with Gasteiger partial charge >= 0.3 is 17.9 Å². The molecule has 0 amide bonds. The van der Waals surface area contributed by atoms with Crippen molar-refractivity contribution in [3.63, 3.8) is 0 Å². The summed E-state index contributed by atoms with van der Waals surface area (Å²) in [6.07, 6.45) is 72.4. The van der Waals surface area contributed by atoms with Crippen molar-refractivity contribution >= 4 is 17.9 Å². The highest BCUT2D eigenvalue weighted by atomic mass is 16.7. The summed E-state index contributed by atoms with van der Waals surface area (Å²) in [7, 11) is 5.96. The van der Waals surface area contributed by atoms with Crippen LogP contribution in [0.15, 0.2) is 85.1 Å². The minimum atomic E-state index is -1.52. The van der Waals surface area contributed by atoms with Crippen molar-refractivity contribution in [2.24, 2.45) is 0 Å². The Kier molecular flexibility index (Phi) is 54.0. The Morgan fingerprint density at radius 3 is 1.15 bits per heavy atom. The second-order valence-corrected chi connectivity index (χ2v) is 21.6. The Morgan fingerprint density at radius 1 is 0.413 bits per heavy atom. The van der Waals surface area contributed by atoms with E-state index in [9.17, 15) is 19.5 Å². The minimum Gasteiger partial charge on any atom is -0.477 e. The molecule has 0 saturated heterocycles. The summed E-state index contributed by atoms with van der Waals surface area (Å²) < 4.78 is 22.9. The third-order valence-corrected chi connectivity index (χ3v) is 13.1. The van der Waals surface area contributed by atoms with E-state index in [0.717, 1.165) is 96.3 Å². The molecule has 0 fully saturated rings. The van der Waals surface area contributed by atoms with Gasteiger partial charge < -0.3 is 28.5 Å². The zero-order valence-electron chi connectivity index (χ0n) is 49.2. The van der Waals surface area contributed by atoms with Gasteiger partial charge in [-0.05, 0) is 89.9 Å². The van der Waals surface area contributed by atoms with Crippen molar-refractivity contribution in [3.05, 3.63) is 85.1 Å². The van der Waals surface area contributed by atoms with E-state index in [0.29, 0.717) is 23.9 Å². The molecule has 2 atom stereocenters. The van der Waals surface area contributed by atoms with Gasteiger partial charge in [0.05, 0.1) is 34.4 Å². The highest BCUT2D eigenvalue weighted by Gasteiger charge is 2.25. The van der Waals surface area contributed by atoms with E-state index >= 15 is 0 Å². The van der Waals surface area contributed by atoms with Crippen LogP contribution in [0.2, 0.25) is 0 Å². The molecule has 75 heavy (non-hydrogen) atoms. The maximum absolute atomic E-state index is 12.9. The third kappa shape index (κ3) is 58.0. The molecule has 1 N–H and O–H groups in total. The van der Waals surface area contributed by atoms with Crippen LogP contribution >= 0.6 is 0 Å². The fourth-order valence-corrected chi connectivity index (χ4v) is 8.42.